The van der Waals surface area contributed by atoms with E-state index in [9.17, 15) is 0 Å². The summed E-state index contributed by atoms with van der Waals surface area (Å²) in [6.45, 7) is 4.05. The van der Waals surface area contributed by atoms with Crippen molar-refractivity contribution in [3.8, 4) is 5.69 Å². The molecule has 0 bridgehead atoms. The summed E-state index contributed by atoms with van der Waals surface area (Å²) in [6, 6.07) is 12.1. The molecule has 0 aliphatic carbocycles. The molecule has 0 N–H and O–H groups in total. The minimum absolute atomic E-state index is 0.400. The molecule has 0 aliphatic rings. The smallest absolute Gasteiger partial charge is 0.0761 e. The van der Waals surface area contributed by atoms with Crippen molar-refractivity contribution in [3.63, 3.8) is 0 Å². The summed E-state index contributed by atoms with van der Waals surface area (Å²) in [5.41, 5.74) is 4.96. The lowest BCUT2D eigenvalue weighted by molar-refractivity contribution is 0.836. The Morgan fingerprint density at radius 2 is 1.95 bits per heavy atom. The first-order valence-corrected chi connectivity index (χ1v) is 6.71. The van der Waals surface area contributed by atoms with Gasteiger partial charge in [-0.25, -0.2) is 4.68 Å². The fraction of sp³-hybridized carbons (Fsp3) is 0.200. The fourth-order valence-electron chi connectivity index (χ4n) is 2.33. The molecule has 4 heteroatoms. The van der Waals surface area contributed by atoms with Gasteiger partial charge in [0.25, 0.3) is 0 Å². The third-order valence-electron chi connectivity index (χ3n) is 3.12. The Morgan fingerprint density at radius 3 is 2.63 bits per heavy atom. The van der Waals surface area contributed by atoms with Gasteiger partial charge in [-0.3, -0.25) is 4.98 Å². The summed E-state index contributed by atoms with van der Waals surface area (Å²) in [7, 11) is 0. The van der Waals surface area contributed by atoms with Crippen LogP contribution in [0.3, 0.4) is 0 Å². The van der Waals surface area contributed by atoms with Gasteiger partial charge in [-0.05, 0) is 32.0 Å². The van der Waals surface area contributed by atoms with Gasteiger partial charge < -0.3 is 0 Å². The van der Waals surface area contributed by atoms with Crippen LogP contribution in [0.25, 0.3) is 16.6 Å². The van der Waals surface area contributed by atoms with E-state index in [4.69, 9.17) is 11.6 Å². The van der Waals surface area contributed by atoms with Gasteiger partial charge in [0.15, 0.2) is 0 Å². The number of para-hydroxylation sites is 1. The van der Waals surface area contributed by atoms with E-state index >= 15 is 0 Å². The molecule has 3 aromatic rings. The maximum absolute atomic E-state index is 5.94. The number of hydrogen-bond donors (Lipinski definition) is 0. The monoisotopic (exact) mass is 271 g/mol. The molecular formula is C15H14ClN3. The Hall–Kier alpha value is -1.87. The van der Waals surface area contributed by atoms with Gasteiger partial charge >= 0.3 is 0 Å². The first kappa shape index (κ1) is 12.2. The number of benzene rings is 1. The Labute approximate surface area is 116 Å². The molecule has 0 unspecified atom stereocenters. The first-order chi connectivity index (χ1) is 9.19. The van der Waals surface area contributed by atoms with Crippen molar-refractivity contribution >= 4 is 22.5 Å². The molecule has 0 radical (unpaired) electrons. The molecule has 0 fully saturated rings. The number of pyridine rings is 1. The summed E-state index contributed by atoms with van der Waals surface area (Å²) in [5, 5.41) is 5.64. The van der Waals surface area contributed by atoms with Crippen LogP contribution in [0.4, 0.5) is 0 Å². The van der Waals surface area contributed by atoms with Crippen LogP contribution in [-0.2, 0) is 5.88 Å². The van der Waals surface area contributed by atoms with Crippen LogP contribution < -0.4 is 0 Å². The minimum atomic E-state index is 0.400. The normalized spacial score (nSPS) is 11.1. The lowest BCUT2D eigenvalue weighted by atomic mass is 10.1. The molecule has 3 nitrogen and oxygen atoms in total. The molecule has 0 saturated carbocycles. The maximum atomic E-state index is 5.94. The lowest BCUT2D eigenvalue weighted by Crippen LogP contribution is -2.02. The second kappa shape index (κ2) is 4.67. The lowest BCUT2D eigenvalue weighted by Gasteiger charge is -2.10. The molecule has 0 atom stereocenters. The predicted molar refractivity (Wildman–Crippen MR) is 77.9 cm³/mol. The van der Waals surface area contributed by atoms with Gasteiger partial charge in [-0.1, -0.05) is 18.2 Å². The average Bonchev–Trinajstić information content (AvgIpc) is 2.76. The van der Waals surface area contributed by atoms with E-state index in [0.29, 0.717) is 5.88 Å². The second-order valence-electron chi connectivity index (χ2n) is 4.62. The largest absolute Gasteiger partial charge is 0.251 e. The quantitative estimate of drug-likeness (QED) is 0.664. The van der Waals surface area contributed by atoms with Crippen LogP contribution >= 0.6 is 11.6 Å². The summed E-state index contributed by atoms with van der Waals surface area (Å²) in [5.74, 6) is 0.400. The highest BCUT2D eigenvalue weighted by atomic mass is 35.5. The van der Waals surface area contributed by atoms with Gasteiger partial charge in [0.05, 0.1) is 28.5 Å². The topological polar surface area (TPSA) is 30.7 Å². The molecule has 0 amide bonds. The number of alkyl halides is 1. The Kier molecular flexibility index (Phi) is 2.99. The number of aromatic nitrogens is 3. The first-order valence-electron chi connectivity index (χ1n) is 6.17. The summed E-state index contributed by atoms with van der Waals surface area (Å²) < 4.78 is 1.95. The van der Waals surface area contributed by atoms with Crippen LogP contribution in [0.15, 0.2) is 36.4 Å². The molecule has 19 heavy (non-hydrogen) atoms. The number of nitrogens with zero attached hydrogens (tertiary/aromatic N) is 3. The Bertz CT molecular complexity index is 746. The summed E-state index contributed by atoms with van der Waals surface area (Å²) >= 11 is 5.94. The number of aryl methyl sites for hydroxylation is 2. The summed E-state index contributed by atoms with van der Waals surface area (Å²) in [6.07, 6.45) is 0. The molecule has 0 spiro atoms. The zero-order valence-electron chi connectivity index (χ0n) is 10.9. The van der Waals surface area contributed by atoms with E-state index in [-0.39, 0.29) is 0 Å². The van der Waals surface area contributed by atoms with Crippen molar-refractivity contribution in [3.05, 3.63) is 53.5 Å². The van der Waals surface area contributed by atoms with Crippen LogP contribution in [0, 0.1) is 13.8 Å². The standard InChI is InChI=1S/C15H14ClN3/c1-10-7-11(2)19(18-10)15-8-12(9-16)17-14-6-4-3-5-13(14)15/h3-8H,9H2,1-2H3. The Morgan fingerprint density at radius 1 is 1.16 bits per heavy atom. The minimum Gasteiger partial charge on any atom is -0.251 e. The highest BCUT2D eigenvalue weighted by Gasteiger charge is 2.10. The van der Waals surface area contributed by atoms with Crippen molar-refractivity contribution in [1.82, 2.24) is 14.8 Å². The molecular weight excluding hydrogens is 258 g/mol. The van der Waals surface area contributed by atoms with Crippen LogP contribution in [0.5, 0.6) is 0 Å². The SMILES string of the molecule is Cc1cc(C)n(-c2cc(CCl)nc3ccccc23)n1. The predicted octanol–water partition coefficient (Wildman–Crippen LogP) is 3.78. The third kappa shape index (κ3) is 2.10. The van der Waals surface area contributed by atoms with E-state index in [0.717, 1.165) is 33.7 Å². The van der Waals surface area contributed by atoms with E-state index < -0.39 is 0 Å². The molecule has 0 aliphatic heterocycles. The number of hydrogen-bond acceptors (Lipinski definition) is 2. The zero-order valence-corrected chi connectivity index (χ0v) is 11.6. The second-order valence-corrected chi connectivity index (χ2v) is 4.89. The molecule has 2 heterocycles. The van der Waals surface area contributed by atoms with Crippen LogP contribution in [0.1, 0.15) is 17.1 Å². The van der Waals surface area contributed by atoms with Gasteiger partial charge in [0.2, 0.25) is 0 Å². The maximum Gasteiger partial charge on any atom is 0.0761 e. The fourth-order valence-corrected chi connectivity index (χ4v) is 2.46. The molecule has 3 rings (SSSR count). The van der Waals surface area contributed by atoms with E-state index in [1.807, 2.05) is 35.9 Å². The van der Waals surface area contributed by atoms with Crippen LogP contribution in [-0.4, -0.2) is 14.8 Å². The van der Waals surface area contributed by atoms with E-state index in [1.165, 1.54) is 0 Å². The van der Waals surface area contributed by atoms with Gasteiger partial charge in [0.1, 0.15) is 0 Å². The number of halogens is 1. The highest BCUT2D eigenvalue weighted by molar-refractivity contribution is 6.17. The van der Waals surface area contributed by atoms with E-state index in [2.05, 4.69) is 29.1 Å². The van der Waals surface area contributed by atoms with Crippen molar-refractivity contribution in [1.29, 1.82) is 0 Å². The van der Waals surface area contributed by atoms with Crippen molar-refractivity contribution in [2.45, 2.75) is 19.7 Å². The molecule has 2 aromatic heterocycles. The zero-order chi connectivity index (χ0) is 13.4. The van der Waals surface area contributed by atoms with E-state index in [1.54, 1.807) is 0 Å². The number of rotatable bonds is 2. The van der Waals surface area contributed by atoms with Crippen molar-refractivity contribution < 1.29 is 0 Å². The number of fused-ring (bicyclic) bond motifs is 1. The molecule has 96 valence electrons. The van der Waals surface area contributed by atoms with Gasteiger partial charge in [0, 0.05) is 11.1 Å². The summed E-state index contributed by atoms with van der Waals surface area (Å²) in [4.78, 5) is 4.54. The highest BCUT2D eigenvalue weighted by Crippen LogP contribution is 2.23. The Balaban J connectivity index is 2.35. The molecule has 0 saturated heterocycles. The van der Waals surface area contributed by atoms with Gasteiger partial charge in [-0.15, -0.1) is 11.6 Å². The van der Waals surface area contributed by atoms with Crippen molar-refractivity contribution in [2.75, 3.05) is 0 Å². The average molecular weight is 272 g/mol. The molecule has 1 aromatic carbocycles. The van der Waals surface area contributed by atoms with Gasteiger partial charge in [-0.2, -0.15) is 5.10 Å². The third-order valence-corrected chi connectivity index (χ3v) is 3.40. The van der Waals surface area contributed by atoms with Crippen LogP contribution in [0.2, 0.25) is 0 Å². The van der Waals surface area contributed by atoms with Crippen molar-refractivity contribution in [2.24, 2.45) is 0 Å².